The van der Waals surface area contributed by atoms with Gasteiger partial charge in [-0.05, 0) is 60.7 Å². The van der Waals surface area contributed by atoms with Crippen LogP contribution in [0.5, 0.6) is 0 Å². The van der Waals surface area contributed by atoms with E-state index in [0.717, 1.165) is 9.80 Å². The van der Waals surface area contributed by atoms with Gasteiger partial charge in [0.15, 0.2) is 0 Å². The molecule has 0 N–H and O–H groups in total. The number of anilines is 2. The third-order valence-electron chi connectivity index (χ3n) is 8.72. The smallest absolute Gasteiger partial charge is 0.253 e. The molecule has 4 amide bonds. The summed E-state index contributed by atoms with van der Waals surface area (Å²) in [6.07, 6.45) is 2.90. The van der Waals surface area contributed by atoms with Gasteiger partial charge in [0.05, 0.1) is 67.9 Å². The maximum absolute atomic E-state index is 14.3. The SMILES string of the molecule is O=C1C2C(C(=O)N1c1ccc(Cl)c(Cl)c1)N1C(c3ccco3)C3C(=O)N(c4ccc(Cl)c(Cl)c4)C(=O)C3N1C2c1ccco1. The molecular formula is C30H18Cl4N4O6. The molecule has 4 aliphatic heterocycles. The Morgan fingerprint density at radius 1 is 0.500 bits per heavy atom. The van der Waals surface area contributed by atoms with Crippen LogP contribution in [0.2, 0.25) is 20.1 Å². The van der Waals surface area contributed by atoms with Gasteiger partial charge in [0.1, 0.15) is 23.6 Å². The van der Waals surface area contributed by atoms with Gasteiger partial charge in [-0.3, -0.25) is 19.2 Å². The van der Waals surface area contributed by atoms with E-state index >= 15 is 0 Å². The zero-order valence-electron chi connectivity index (χ0n) is 22.1. The molecule has 8 rings (SSSR count). The number of furan rings is 2. The fourth-order valence-corrected chi connectivity index (χ4v) is 7.65. The van der Waals surface area contributed by atoms with Gasteiger partial charge in [0.25, 0.3) is 11.8 Å². The van der Waals surface area contributed by atoms with Gasteiger partial charge < -0.3 is 8.83 Å². The lowest BCUT2D eigenvalue weighted by Gasteiger charge is -2.34. The predicted molar refractivity (Wildman–Crippen MR) is 159 cm³/mol. The first kappa shape index (κ1) is 27.9. The molecule has 0 saturated carbocycles. The Morgan fingerprint density at radius 3 is 1.25 bits per heavy atom. The van der Waals surface area contributed by atoms with Crippen LogP contribution in [-0.4, -0.2) is 45.7 Å². The average molecular weight is 672 g/mol. The van der Waals surface area contributed by atoms with Crippen LogP contribution in [0.4, 0.5) is 11.4 Å². The number of halogens is 4. The molecular weight excluding hydrogens is 654 g/mol. The van der Waals surface area contributed by atoms with Crippen LogP contribution in [0.15, 0.2) is 82.0 Å². The Hall–Kier alpha value is -3.64. The van der Waals surface area contributed by atoms with E-state index in [1.807, 2.05) is 0 Å². The summed E-state index contributed by atoms with van der Waals surface area (Å²) >= 11 is 24.7. The topological polar surface area (TPSA) is 108 Å². The van der Waals surface area contributed by atoms with Crippen molar-refractivity contribution in [1.82, 2.24) is 10.0 Å². The van der Waals surface area contributed by atoms with E-state index in [-0.39, 0.29) is 31.5 Å². The number of imide groups is 2. The number of nitrogens with zero attached hydrogens (tertiary/aromatic N) is 4. The van der Waals surface area contributed by atoms with E-state index in [9.17, 15) is 19.2 Å². The first-order valence-electron chi connectivity index (χ1n) is 13.5. The molecule has 4 saturated heterocycles. The molecule has 0 aliphatic carbocycles. The Kier molecular flexibility index (Phi) is 6.29. The van der Waals surface area contributed by atoms with Crippen LogP contribution in [-0.2, 0) is 19.2 Å². The molecule has 0 spiro atoms. The summed E-state index contributed by atoms with van der Waals surface area (Å²) in [5.41, 5.74) is 0.501. The van der Waals surface area contributed by atoms with Crippen LogP contribution in [0.3, 0.4) is 0 Å². The first-order valence-corrected chi connectivity index (χ1v) is 15.0. The maximum atomic E-state index is 14.3. The van der Waals surface area contributed by atoms with E-state index < -0.39 is 59.6 Å². The van der Waals surface area contributed by atoms with Crippen molar-refractivity contribution in [3.8, 4) is 0 Å². The molecule has 0 bridgehead atoms. The summed E-state index contributed by atoms with van der Waals surface area (Å²) in [6, 6.07) is 11.7. The van der Waals surface area contributed by atoms with Crippen molar-refractivity contribution in [2.24, 2.45) is 11.8 Å². The summed E-state index contributed by atoms with van der Waals surface area (Å²) in [4.78, 5) is 59.2. The highest BCUT2D eigenvalue weighted by Gasteiger charge is 2.74. The lowest BCUT2D eigenvalue weighted by molar-refractivity contribution is -0.136. The lowest BCUT2D eigenvalue weighted by atomic mass is 9.87. The van der Waals surface area contributed by atoms with Crippen molar-refractivity contribution >= 4 is 81.4 Å². The molecule has 0 radical (unpaired) electrons. The molecule has 4 aliphatic rings. The minimum atomic E-state index is -1.09. The summed E-state index contributed by atoms with van der Waals surface area (Å²) in [6.45, 7) is 0. The average Bonchev–Trinajstić information content (AvgIpc) is 3.82. The number of amides is 4. The molecule has 6 heterocycles. The zero-order valence-corrected chi connectivity index (χ0v) is 25.2. The van der Waals surface area contributed by atoms with Gasteiger partial charge in [-0.1, -0.05) is 46.4 Å². The number of hydrogen-bond donors (Lipinski definition) is 0. The Morgan fingerprint density at radius 2 is 0.909 bits per heavy atom. The highest BCUT2D eigenvalue weighted by molar-refractivity contribution is 6.43. The summed E-state index contributed by atoms with van der Waals surface area (Å²) in [5.74, 6) is -3.40. The minimum absolute atomic E-state index is 0.175. The Labute approximate surface area is 269 Å². The van der Waals surface area contributed by atoms with Gasteiger partial charge in [0.2, 0.25) is 11.8 Å². The van der Waals surface area contributed by atoms with Gasteiger partial charge in [-0.2, -0.15) is 0 Å². The molecule has 6 unspecified atom stereocenters. The summed E-state index contributed by atoms with van der Waals surface area (Å²) in [7, 11) is 0. The van der Waals surface area contributed by atoms with Gasteiger partial charge in [-0.15, -0.1) is 0 Å². The summed E-state index contributed by atoms with van der Waals surface area (Å²) in [5, 5.41) is 4.20. The van der Waals surface area contributed by atoms with Crippen LogP contribution in [0.25, 0.3) is 0 Å². The lowest BCUT2D eigenvalue weighted by Crippen LogP contribution is -2.50. The summed E-state index contributed by atoms with van der Waals surface area (Å²) < 4.78 is 11.6. The molecule has 14 heteroatoms. The van der Waals surface area contributed by atoms with Crippen LogP contribution < -0.4 is 9.80 Å². The highest BCUT2D eigenvalue weighted by atomic mass is 35.5. The van der Waals surface area contributed by atoms with E-state index in [4.69, 9.17) is 55.2 Å². The van der Waals surface area contributed by atoms with E-state index in [2.05, 4.69) is 0 Å². The van der Waals surface area contributed by atoms with Crippen molar-refractivity contribution < 1.29 is 28.0 Å². The van der Waals surface area contributed by atoms with Crippen LogP contribution in [0.1, 0.15) is 23.6 Å². The number of carbonyl (C=O) groups excluding carboxylic acids is 4. The number of fused-ring (bicyclic) bond motifs is 5. The molecule has 4 aromatic rings. The first-order chi connectivity index (χ1) is 21.2. The molecule has 44 heavy (non-hydrogen) atoms. The van der Waals surface area contributed by atoms with E-state index in [1.165, 1.54) is 48.9 Å². The maximum Gasteiger partial charge on any atom is 0.253 e. The molecule has 6 atom stereocenters. The molecule has 2 aromatic heterocycles. The zero-order chi connectivity index (χ0) is 30.6. The van der Waals surface area contributed by atoms with Gasteiger partial charge >= 0.3 is 0 Å². The van der Waals surface area contributed by atoms with Crippen molar-refractivity contribution in [3.05, 3.63) is 105 Å². The second kappa shape index (κ2) is 9.93. The number of hydrazine groups is 1. The number of hydrogen-bond acceptors (Lipinski definition) is 8. The molecule has 4 fully saturated rings. The minimum Gasteiger partial charge on any atom is -0.468 e. The van der Waals surface area contributed by atoms with E-state index in [0.29, 0.717) is 11.5 Å². The second-order valence-corrected chi connectivity index (χ2v) is 12.5. The second-order valence-electron chi connectivity index (χ2n) is 10.8. The number of benzene rings is 2. The third kappa shape index (κ3) is 3.70. The monoisotopic (exact) mass is 670 g/mol. The van der Waals surface area contributed by atoms with Gasteiger partial charge in [-0.25, -0.2) is 19.8 Å². The largest absolute Gasteiger partial charge is 0.468 e. The molecule has 2 aromatic carbocycles. The number of carbonyl (C=O) groups is 4. The molecule has 10 nitrogen and oxygen atoms in total. The molecule has 222 valence electrons. The quantitative estimate of drug-likeness (QED) is 0.246. The number of rotatable bonds is 4. The Bertz CT molecular complexity index is 1750. The predicted octanol–water partition coefficient (Wildman–Crippen LogP) is 5.93. The van der Waals surface area contributed by atoms with E-state index in [1.54, 1.807) is 34.3 Å². The standard InChI is InChI=1S/C30H18Cl4N4O6/c31-15-7-5-13(11-17(15)33)35-27(39)21-23(19-3-1-9-43-19)37-26-22(24(20-4-2-10-44-20)38(37)25(21)29(35)41)28(40)36(30(26)42)14-6-8-16(32)18(34)12-14/h1-12,21-26H. The van der Waals surface area contributed by atoms with Crippen molar-refractivity contribution in [2.45, 2.75) is 24.2 Å². The Balaban J connectivity index is 1.30. The van der Waals surface area contributed by atoms with Crippen LogP contribution in [0, 0.1) is 11.8 Å². The fourth-order valence-electron chi connectivity index (χ4n) is 7.07. The third-order valence-corrected chi connectivity index (χ3v) is 10.2. The van der Waals surface area contributed by atoms with Crippen molar-refractivity contribution in [2.75, 3.05) is 9.80 Å². The van der Waals surface area contributed by atoms with Crippen molar-refractivity contribution in [1.29, 1.82) is 0 Å². The van der Waals surface area contributed by atoms with Crippen molar-refractivity contribution in [3.63, 3.8) is 0 Å². The van der Waals surface area contributed by atoms with Gasteiger partial charge in [0, 0.05) is 0 Å². The highest BCUT2D eigenvalue weighted by Crippen LogP contribution is 2.60. The fraction of sp³-hybridized carbons (Fsp3) is 0.200. The van der Waals surface area contributed by atoms with Crippen LogP contribution >= 0.6 is 46.4 Å². The normalized spacial score (nSPS) is 28.4.